The van der Waals surface area contributed by atoms with E-state index in [-0.39, 0.29) is 12.2 Å². The molecule has 0 aliphatic carbocycles. The number of aromatic nitrogens is 2. The molecule has 1 fully saturated rings. The highest BCUT2D eigenvalue weighted by Crippen LogP contribution is 2.16. The fourth-order valence-electron chi connectivity index (χ4n) is 1.98. The molecule has 0 saturated carbocycles. The number of morpholine rings is 1. The van der Waals surface area contributed by atoms with Gasteiger partial charge < -0.3 is 19.7 Å². The summed E-state index contributed by atoms with van der Waals surface area (Å²) in [5.41, 5.74) is 0. The first-order valence-electron chi connectivity index (χ1n) is 6.67. The van der Waals surface area contributed by atoms with E-state index in [1.165, 1.54) is 6.33 Å². The summed E-state index contributed by atoms with van der Waals surface area (Å²) in [4.78, 5) is 10.4. The molecule has 2 rings (SSSR count). The SMILES string of the molecule is CC(C)Oc1cc(N(C)CC2CNCCO2)ncn1. The smallest absolute Gasteiger partial charge is 0.218 e. The molecule has 1 N–H and O–H groups in total. The van der Waals surface area contributed by atoms with E-state index in [0.29, 0.717) is 5.88 Å². The molecule has 1 atom stereocenters. The predicted molar refractivity (Wildman–Crippen MR) is 73.7 cm³/mol. The summed E-state index contributed by atoms with van der Waals surface area (Å²) in [5, 5.41) is 3.32. The molecule has 0 spiro atoms. The largest absolute Gasteiger partial charge is 0.475 e. The third kappa shape index (κ3) is 4.33. The number of hydrogen-bond acceptors (Lipinski definition) is 6. The van der Waals surface area contributed by atoms with Crippen molar-refractivity contribution in [2.75, 3.05) is 38.2 Å². The van der Waals surface area contributed by atoms with E-state index in [1.807, 2.05) is 27.0 Å². The Morgan fingerprint density at radius 1 is 1.53 bits per heavy atom. The summed E-state index contributed by atoms with van der Waals surface area (Å²) in [6, 6.07) is 1.86. The van der Waals surface area contributed by atoms with Crippen LogP contribution in [0.5, 0.6) is 5.88 Å². The van der Waals surface area contributed by atoms with E-state index in [1.54, 1.807) is 0 Å². The van der Waals surface area contributed by atoms with Crippen LogP contribution in [0.15, 0.2) is 12.4 Å². The number of rotatable bonds is 5. The Hall–Kier alpha value is -1.40. The van der Waals surface area contributed by atoms with Crippen LogP contribution in [0.2, 0.25) is 0 Å². The fourth-order valence-corrected chi connectivity index (χ4v) is 1.98. The number of anilines is 1. The summed E-state index contributed by atoms with van der Waals surface area (Å²) in [6.07, 6.45) is 1.84. The first-order chi connectivity index (χ1) is 9.15. The van der Waals surface area contributed by atoms with Crippen LogP contribution >= 0.6 is 0 Å². The second-order valence-electron chi connectivity index (χ2n) is 4.96. The Morgan fingerprint density at radius 3 is 3.05 bits per heavy atom. The number of hydrogen-bond donors (Lipinski definition) is 1. The van der Waals surface area contributed by atoms with E-state index in [9.17, 15) is 0 Å². The van der Waals surface area contributed by atoms with Gasteiger partial charge in [-0.3, -0.25) is 0 Å². The molecule has 0 aromatic carbocycles. The van der Waals surface area contributed by atoms with Gasteiger partial charge in [0.25, 0.3) is 0 Å². The molecule has 1 aromatic rings. The summed E-state index contributed by atoms with van der Waals surface area (Å²) in [7, 11) is 2.00. The van der Waals surface area contributed by atoms with Gasteiger partial charge in [0.1, 0.15) is 12.1 Å². The minimum atomic E-state index is 0.110. The maximum atomic E-state index is 5.69. The third-order valence-electron chi connectivity index (χ3n) is 2.86. The third-order valence-corrected chi connectivity index (χ3v) is 2.86. The molecular formula is C13H22N4O2. The summed E-state index contributed by atoms with van der Waals surface area (Å²) in [5.74, 6) is 1.45. The van der Waals surface area contributed by atoms with E-state index >= 15 is 0 Å². The molecule has 1 unspecified atom stereocenters. The van der Waals surface area contributed by atoms with Crippen LogP contribution in [0.3, 0.4) is 0 Å². The molecule has 6 heteroatoms. The zero-order valence-electron chi connectivity index (χ0n) is 11.8. The van der Waals surface area contributed by atoms with Gasteiger partial charge in [-0.1, -0.05) is 0 Å². The minimum absolute atomic E-state index is 0.110. The van der Waals surface area contributed by atoms with Crippen molar-refractivity contribution < 1.29 is 9.47 Å². The highest BCUT2D eigenvalue weighted by Gasteiger charge is 2.16. The van der Waals surface area contributed by atoms with Crippen molar-refractivity contribution in [3.05, 3.63) is 12.4 Å². The predicted octanol–water partition coefficient (Wildman–Crippen LogP) is 0.688. The summed E-state index contributed by atoms with van der Waals surface area (Å²) < 4.78 is 11.3. The number of nitrogens with zero attached hydrogens (tertiary/aromatic N) is 3. The second-order valence-corrected chi connectivity index (χ2v) is 4.96. The van der Waals surface area contributed by atoms with Gasteiger partial charge in [-0.05, 0) is 13.8 Å². The Labute approximate surface area is 114 Å². The normalized spacial score (nSPS) is 19.5. The lowest BCUT2D eigenvalue weighted by Crippen LogP contribution is -2.44. The van der Waals surface area contributed by atoms with Crippen molar-refractivity contribution in [2.45, 2.75) is 26.1 Å². The van der Waals surface area contributed by atoms with Gasteiger partial charge in [0.2, 0.25) is 5.88 Å². The van der Waals surface area contributed by atoms with Crippen LogP contribution in [0.25, 0.3) is 0 Å². The Morgan fingerprint density at radius 2 is 2.37 bits per heavy atom. The zero-order valence-corrected chi connectivity index (χ0v) is 11.8. The second kappa shape index (κ2) is 6.68. The number of nitrogens with one attached hydrogen (secondary N) is 1. The van der Waals surface area contributed by atoms with Gasteiger partial charge in [0.05, 0.1) is 18.8 Å². The summed E-state index contributed by atoms with van der Waals surface area (Å²) in [6.45, 7) is 7.33. The van der Waals surface area contributed by atoms with Crippen LogP contribution in [-0.4, -0.2) is 55.5 Å². The fraction of sp³-hybridized carbons (Fsp3) is 0.692. The summed E-state index contributed by atoms with van der Waals surface area (Å²) >= 11 is 0. The molecule has 1 aliphatic rings. The van der Waals surface area contributed by atoms with Gasteiger partial charge in [0.15, 0.2) is 0 Å². The van der Waals surface area contributed by atoms with E-state index in [0.717, 1.165) is 32.1 Å². The molecule has 0 bridgehead atoms. The Bertz CT molecular complexity index is 394. The molecular weight excluding hydrogens is 244 g/mol. The van der Waals surface area contributed by atoms with Gasteiger partial charge in [0, 0.05) is 32.7 Å². The van der Waals surface area contributed by atoms with Gasteiger partial charge in [-0.25, -0.2) is 9.97 Å². The van der Waals surface area contributed by atoms with Crippen LogP contribution in [0, 0.1) is 0 Å². The van der Waals surface area contributed by atoms with Crippen LogP contribution in [0.1, 0.15) is 13.8 Å². The van der Waals surface area contributed by atoms with Crippen LogP contribution in [-0.2, 0) is 4.74 Å². The molecule has 1 aliphatic heterocycles. The lowest BCUT2D eigenvalue weighted by molar-refractivity contribution is 0.0339. The van der Waals surface area contributed by atoms with Gasteiger partial charge in [-0.2, -0.15) is 0 Å². The average molecular weight is 266 g/mol. The van der Waals surface area contributed by atoms with E-state index < -0.39 is 0 Å². The topological polar surface area (TPSA) is 59.5 Å². The van der Waals surface area contributed by atoms with Gasteiger partial charge >= 0.3 is 0 Å². The molecule has 6 nitrogen and oxygen atoms in total. The standard InChI is InChI=1S/C13H22N4O2/c1-10(2)19-13-6-12(15-9-16-13)17(3)8-11-7-14-4-5-18-11/h6,9-11,14H,4-5,7-8H2,1-3H3. The van der Waals surface area contributed by atoms with Crippen molar-refractivity contribution in [1.29, 1.82) is 0 Å². The van der Waals surface area contributed by atoms with E-state index in [2.05, 4.69) is 20.2 Å². The molecule has 1 aromatic heterocycles. The van der Waals surface area contributed by atoms with E-state index in [4.69, 9.17) is 9.47 Å². The highest BCUT2D eigenvalue weighted by atomic mass is 16.5. The Kier molecular flexibility index (Phi) is 4.93. The number of likely N-dealkylation sites (N-methyl/N-ethyl adjacent to an activating group) is 1. The van der Waals surface area contributed by atoms with Gasteiger partial charge in [-0.15, -0.1) is 0 Å². The first kappa shape index (κ1) is 14.0. The maximum absolute atomic E-state index is 5.69. The Balaban J connectivity index is 1.95. The van der Waals surface area contributed by atoms with Crippen molar-refractivity contribution in [1.82, 2.24) is 15.3 Å². The first-order valence-corrected chi connectivity index (χ1v) is 6.67. The molecule has 19 heavy (non-hydrogen) atoms. The van der Waals surface area contributed by atoms with Crippen molar-refractivity contribution >= 4 is 5.82 Å². The molecule has 106 valence electrons. The lowest BCUT2D eigenvalue weighted by atomic mass is 10.3. The molecule has 0 amide bonds. The quantitative estimate of drug-likeness (QED) is 0.846. The molecule has 1 saturated heterocycles. The average Bonchev–Trinajstić information content (AvgIpc) is 2.39. The molecule has 0 radical (unpaired) electrons. The van der Waals surface area contributed by atoms with Crippen molar-refractivity contribution in [3.8, 4) is 5.88 Å². The lowest BCUT2D eigenvalue weighted by Gasteiger charge is -2.28. The zero-order chi connectivity index (χ0) is 13.7. The maximum Gasteiger partial charge on any atom is 0.218 e. The minimum Gasteiger partial charge on any atom is -0.475 e. The van der Waals surface area contributed by atoms with Crippen molar-refractivity contribution in [2.24, 2.45) is 0 Å². The van der Waals surface area contributed by atoms with Crippen molar-refractivity contribution in [3.63, 3.8) is 0 Å². The number of ether oxygens (including phenoxy) is 2. The van der Waals surface area contributed by atoms with Crippen LogP contribution in [0.4, 0.5) is 5.82 Å². The molecule has 2 heterocycles. The highest BCUT2D eigenvalue weighted by molar-refractivity contribution is 5.39. The van der Waals surface area contributed by atoms with Crippen LogP contribution < -0.4 is 15.0 Å². The monoisotopic (exact) mass is 266 g/mol.